The Labute approximate surface area is 201 Å². The van der Waals surface area contributed by atoms with E-state index in [9.17, 15) is 9.59 Å². The number of hydrogen-bond acceptors (Lipinski definition) is 4. The van der Waals surface area contributed by atoms with E-state index in [4.69, 9.17) is 9.47 Å². The lowest BCUT2D eigenvalue weighted by Crippen LogP contribution is -2.61. The Balaban J connectivity index is 1.44. The number of ether oxygens (including phenoxy) is 2. The van der Waals surface area contributed by atoms with Crippen LogP contribution in [-0.2, 0) is 11.2 Å². The number of urea groups is 1. The summed E-state index contributed by atoms with van der Waals surface area (Å²) in [7, 11) is 3.34. The van der Waals surface area contributed by atoms with Gasteiger partial charge in [-0.3, -0.25) is 4.79 Å². The van der Waals surface area contributed by atoms with Gasteiger partial charge < -0.3 is 24.6 Å². The second-order valence-electron chi connectivity index (χ2n) is 9.49. The Morgan fingerprint density at radius 3 is 2.53 bits per heavy atom. The van der Waals surface area contributed by atoms with Crippen molar-refractivity contribution in [2.24, 2.45) is 5.92 Å². The number of carbonyl (C=O) groups excluding carboxylic acids is 2. The van der Waals surface area contributed by atoms with Gasteiger partial charge in [0.05, 0.1) is 32.2 Å². The number of nitrogens with zero attached hydrogens (tertiary/aromatic N) is 2. The highest BCUT2D eigenvalue weighted by atomic mass is 16.5. The predicted molar refractivity (Wildman–Crippen MR) is 129 cm³/mol. The number of likely N-dealkylation sites (tertiary alicyclic amines) is 1. The first kappa shape index (κ1) is 22.6. The van der Waals surface area contributed by atoms with Gasteiger partial charge in [-0.15, -0.1) is 0 Å². The van der Waals surface area contributed by atoms with Gasteiger partial charge in [0.25, 0.3) is 0 Å². The number of carbonyl (C=O) groups is 2. The molecule has 180 valence electrons. The lowest BCUT2D eigenvalue weighted by Gasteiger charge is -2.51. The van der Waals surface area contributed by atoms with Gasteiger partial charge >= 0.3 is 6.03 Å². The van der Waals surface area contributed by atoms with Gasteiger partial charge in [0.15, 0.2) is 0 Å². The highest BCUT2D eigenvalue weighted by Gasteiger charge is 2.49. The summed E-state index contributed by atoms with van der Waals surface area (Å²) in [6, 6.07) is 13.4. The minimum Gasteiger partial charge on any atom is -0.496 e. The lowest BCUT2D eigenvalue weighted by atomic mass is 9.75. The van der Waals surface area contributed by atoms with E-state index in [1.165, 1.54) is 0 Å². The maximum atomic E-state index is 13.7. The van der Waals surface area contributed by atoms with Crippen LogP contribution in [0.1, 0.15) is 55.0 Å². The fourth-order valence-electron chi connectivity index (χ4n) is 6.09. The van der Waals surface area contributed by atoms with Gasteiger partial charge in [-0.2, -0.15) is 0 Å². The Morgan fingerprint density at radius 1 is 1.06 bits per heavy atom. The normalized spacial score (nSPS) is 24.4. The van der Waals surface area contributed by atoms with Gasteiger partial charge in [0, 0.05) is 30.3 Å². The van der Waals surface area contributed by atoms with E-state index < -0.39 is 0 Å². The van der Waals surface area contributed by atoms with Crippen LogP contribution in [0, 0.1) is 5.92 Å². The van der Waals surface area contributed by atoms with E-state index >= 15 is 0 Å². The first-order valence-electron chi connectivity index (χ1n) is 12.2. The molecule has 3 aliphatic rings. The zero-order valence-electron chi connectivity index (χ0n) is 20.1. The predicted octanol–water partition coefficient (Wildman–Crippen LogP) is 4.08. The minimum absolute atomic E-state index is 0.0963. The number of piperidine rings is 2. The van der Waals surface area contributed by atoms with Crippen molar-refractivity contribution >= 4 is 11.9 Å². The molecule has 7 heteroatoms. The van der Waals surface area contributed by atoms with Crippen LogP contribution in [0.15, 0.2) is 42.5 Å². The zero-order chi connectivity index (χ0) is 23.8. The van der Waals surface area contributed by atoms with Crippen LogP contribution in [0.5, 0.6) is 11.5 Å². The standard InChI is InChI=1S/C27H33N3O4/c1-17(18-8-5-4-6-9-18)28-27(32)30-14-7-10-19-21(30)16-22-25-20(13-15-29(22)26(19)31)23(33-2)11-12-24(25)34-3/h4-6,8-9,11-12,17,19,21-22H,7,10,13-16H2,1-3H3,(H,28,32)/t17-,19+,21+,22-/m1/s1. The molecule has 1 N–H and O–H groups in total. The third-order valence-corrected chi connectivity index (χ3v) is 7.77. The maximum absolute atomic E-state index is 13.7. The summed E-state index contributed by atoms with van der Waals surface area (Å²) in [4.78, 5) is 31.0. The molecule has 2 aromatic carbocycles. The SMILES string of the molecule is COc1ccc(OC)c2c1CCN1C(=O)[C@H]3CCCN(C(=O)N[C@H](C)c4ccccc4)[C@H]3C[C@H]21. The van der Waals surface area contributed by atoms with Gasteiger partial charge in [0.2, 0.25) is 5.91 Å². The van der Waals surface area contributed by atoms with Crippen molar-refractivity contribution in [1.82, 2.24) is 15.1 Å². The first-order chi connectivity index (χ1) is 16.5. The van der Waals surface area contributed by atoms with Gasteiger partial charge in [-0.1, -0.05) is 30.3 Å². The molecule has 0 spiro atoms. The average molecular weight is 464 g/mol. The second-order valence-corrected chi connectivity index (χ2v) is 9.49. The summed E-state index contributed by atoms with van der Waals surface area (Å²) in [5.41, 5.74) is 3.20. The van der Waals surface area contributed by atoms with Crippen molar-refractivity contribution < 1.29 is 19.1 Å². The van der Waals surface area contributed by atoms with Crippen LogP contribution in [0.4, 0.5) is 4.79 Å². The summed E-state index contributed by atoms with van der Waals surface area (Å²) < 4.78 is 11.4. The summed E-state index contributed by atoms with van der Waals surface area (Å²) in [6.45, 7) is 3.33. The molecule has 0 unspecified atom stereocenters. The van der Waals surface area contributed by atoms with Crippen LogP contribution in [0.25, 0.3) is 0 Å². The highest BCUT2D eigenvalue weighted by Crippen LogP contribution is 2.48. The monoisotopic (exact) mass is 463 g/mol. The summed E-state index contributed by atoms with van der Waals surface area (Å²) >= 11 is 0. The summed E-state index contributed by atoms with van der Waals surface area (Å²) in [6.07, 6.45) is 3.12. The Hall–Kier alpha value is -3.22. The second kappa shape index (κ2) is 9.20. The van der Waals surface area contributed by atoms with E-state index in [-0.39, 0.29) is 36.0 Å². The maximum Gasteiger partial charge on any atom is 0.318 e. The van der Waals surface area contributed by atoms with Crippen LogP contribution in [0.2, 0.25) is 0 Å². The van der Waals surface area contributed by atoms with Crippen LogP contribution in [-0.4, -0.2) is 55.1 Å². The molecule has 0 aliphatic carbocycles. The lowest BCUT2D eigenvalue weighted by molar-refractivity contribution is -0.148. The van der Waals surface area contributed by atoms with Crippen molar-refractivity contribution in [3.8, 4) is 11.5 Å². The number of methoxy groups -OCH3 is 2. The van der Waals surface area contributed by atoms with E-state index in [0.717, 1.165) is 47.5 Å². The average Bonchev–Trinajstić information content (AvgIpc) is 2.88. The largest absolute Gasteiger partial charge is 0.496 e. The number of benzene rings is 2. The molecule has 0 aromatic heterocycles. The van der Waals surface area contributed by atoms with Crippen LogP contribution >= 0.6 is 0 Å². The van der Waals surface area contributed by atoms with Gasteiger partial charge in [-0.25, -0.2) is 4.79 Å². The van der Waals surface area contributed by atoms with E-state index in [1.807, 2.05) is 59.2 Å². The first-order valence-corrected chi connectivity index (χ1v) is 12.2. The Morgan fingerprint density at radius 2 is 1.79 bits per heavy atom. The molecule has 2 saturated heterocycles. The Bertz CT molecular complexity index is 1070. The number of hydrogen-bond donors (Lipinski definition) is 1. The van der Waals surface area contributed by atoms with Crippen molar-refractivity contribution in [2.75, 3.05) is 27.3 Å². The highest BCUT2D eigenvalue weighted by molar-refractivity contribution is 5.84. The molecule has 3 amide bonds. The molecule has 0 bridgehead atoms. The number of amides is 3. The molecule has 7 nitrogen and oxygen atoms in total. The minimum atomic E-state index is -0.152. The fraction of sp³-hybridized carbons (Fsp3) is 0.481. The molecule has 3 aliphatic heterocycles. The fourth-order valence-corrected chi connectivity index (χ4v) is 6.09. The molecule has 4 atom stereocenters. The topological polar surface area (TPSA) is 71.1 Å². The molecular formula is C27H33N3O4. The number of nitrogens with one attached hydrogen (secondary N) is 1. The number of fused-ring (bicyclic) bond motifs is 4. The van der Waals surface area contributed by atoms with Crippen molar-refractivity contribution in [2.45, 2.75) is 50.7 Å². The zero-order valence-corrected chi connectivity index (χ0v) is 20.1. The third kappa shape index (κ3) is 3.77. The molecule has 34 heavy (non-hydrogen) atoms. The number of rotatable bonds is 4. The molecule has 5 rings (SSSR count). The van der Waals surface area contributed by atoms with E-state index in [2.05, 4.69) is 5.32 Å². The smallest absolute Gasteiger partial charge is 0.318 e. The van der Waals surface area contributed by atoms with Gasteiger partial charge in [0.1, 0.15) is 11.5 Å². The Kier molecular flexibility index (Phi) is 6.11. The van der Waals surface area contributed by atoms with Gasteiger partial charge in [-0.05, 0) is 50.3 Å². The molecular weight excluding hydrogens is 430 g/mol. The molecule has 2 aromatic rings. The van der Waals surface area contributed by atoms with Crippen molar-refractivity contribution in [1.29, 1.82) is 0 Å². The summed E-state index contributed by atoms with van der Waals surface area (Å²) in [5.74, 6) is 1.62. The molecule has 2 fully saturated rings. The quantitative estimate of drug-likeness (QED) is 0.742. The molecule has 0 radical (unpaired) electrons. The summed E-state index contributed by atoms with van der Waals surface area (Å²) in [5, 5.41) is 3.16. The third-order valence-electron chi connectivity index (χ3n) is 7.77. The van der Waals surface area contributed by atoms with Crippen molar-refractivity contribution in [3.05, 3.63) is 59.2 Å². The van der Waals surface area contributed by atoms with E-state index in [1.54, 1.807) is 14.2 Å². The van der Waals surface area contributed by atoms with E-state index in [0.29, 0.717) is 19.5 Å². The van der Waals surface area contributed by atoms with Crippen molar-refractivity contribution in [3.63, 3.8) is 0 Å². The molecule has 3 heterocycles. The molecule has 0 saturated carbocycles. The van der Waals surface area contributed by atoms with Crippen LogP contribution < -0.4 is 14.8 Å². The van der Waals surface area contributed by atoms with Crippen LogP contribution in [0.3, 0.4) is 0 Å².